The van der Waals surface area contributed by atoms with Gasteiger partial charge < -0.3 is 10.1 Å². The minimum Gasteiger partial charge on any atom is -0.452 e. The Bertz CT molecular complexity index is 691. The maximum absolute atomic E-state index is 12.0. The number of nitrogens with one attached hydrogen (secondary N) is 1. The first-order valence-electron chi connectivity index (χ1n) is 7.13. The summed E-state index contributed by atoms with van der Waals surface area (Å²) in [6.07, 6.45) is 0.972. The summed E-state index contributed by atoms with van der Waals surface area (Å²) >= 11 is 0. The van der Waals surface area contributed by atoms with E-state index in [0.717, 1.165) is 23.6 Å². The van der Waals surface area contributed by atoms with Gasteiger partial charge in [-0.05, 0) is 42.7 Å². The van der Waals surface area contributed by atoms with Crippen LogP contribution in [0.5, 0.6) is 0 Å². The Labute approximate surface area is 123 Å². The molecule has 1 aliphatic carbocycles. The topological polar surface area (TPSA) is 55.4 Å². The molecular formula is C17H17NO3. The summed E-state index contributed by atoms with van der Waals surface area (Å²) < 4.78 is 5.14. The zero-order chi connectivity index (χ0) is 14.8. The Morgan fingerprint density at radius 1 is 1.14 bits per heavy atom. The van der Waals surface area contributed by atoms with Crippen molar-refractivity contribution < 1.29 is 14.3 Å². The van der Waals surface area contributed by atoms with Crippen molar-refractivity contribution in [1.29, 1.82) is 0 Å². The summed E-state index contributed by atoms with van der Waals surface area (Å²) in [6.45, 7) is 1.59. The summed E-state index contributed by atoms with van der Waals surface area (Å²) in [5, 5.41) is 4.95. The van der Waals surface area contributed by atoms with E-state index in [-0.39, 0.29) is 17.8 Å². The van der Waals surface area contributed by atoms with Crippen LogP contribution < -0.4 is 5.32 Å². The lowest BCUT2D eigenvalue weighted by atomic mass is 10.1. The molecule has 4 heteroatoms. The molecule has 0 aliphatic heterocycles. The zero-order valence-corrected chi connectivity index (χ0v) is 11.8. The number of carbonyl (C=O) groups is 2. The third kappa shape index (κ3) is 3.21. The highest BCUT2D eigenvalue weighted by Gasteiger charge is 2.33. The highest BCUT2D eigenvalue weighted by Crippen LogP contribution is 2.30. The van der Waals surface area contributed by atoms with Gasteiger partial charge in [-0.15, -0.1) is 0 Å². The van der Waals surface area contributed by atoms with Crippen molar-refractivity contribution in [2.45, 2.75) is 25.9 Å². The monoisotopic (exact) mass is 283 g/mol. The molecule has 0 unspecified atom stereocenters. The predicted octanol–water partition coefficient (Wildman–Crippen LogP) is 3.12. The third-order valence-electron chi connectivity index (χ3n) is 3.59. The van der Waals surface area contributed by atoms with Crippen molar-refractivity contribution in [2.75, 3.05) is 5.32 Å². The van der Waals surface area contributed by atoms with E-state index in [2.05, 4.69) is 5.32 Å². The van der Waals surface area contributed by atoms with Crippen molar-refractivity contribution in [2.24, 2.45) is 5.92 Å². The van der Waals surface area contributed by atoms with Gasteiger partial charge in [-0.2, -0.15) is 0 Å². The Morgan fingerprint density at radius 3 is 2.57 bits per heavy atom. The van der Waals surface area contributed by atoms with Crippen molar-refractivity contribution in [3.8, 4) is 0 Å². The molecule has 0 aromatic heterocycles. The van der Waals surface area contributed by atoms with Gasteiger partial charge in [-0.3, -0.25) is 9.59 Å². The Morgan fingerprint density at radius 2 is 1.86 bits per heavy atom. The van der Waals surface area contributed by atoms with Crippen LogP contribution in [0.2, 0.25) is 0 Å². The van der Waals surface area contributed by atoms with Gasteiger partial charge in [0.25, 0.3) is 5.91 Å². The SMILES string of the molecule is C[C@@H](OC(=O)C1CC1)C(=O)Nc1ccc2ccccc2c1. The molecule has 1 fully saturated rings. The average Bonchev–Trinajstić information content (AvgIpc) is 3.31. The van der Waals surface area contributed by atoms with Crippen LogP contribution >= 0.6 is 0 Å². The van der Waals surface area contributed by atoms with Crippen LogP contribution in [0.25, 0.3) is 10.8 Å². The lowest BCUT2D eigenvalue weighted by molar-refractivity contribution is -0.154. The number of hydrogen-bond acceptors (Lipinski definition) is 3. The minimum atomic E-state index is -0.774. The second-order valence-electron chi connectivity index (χ2n) is 5.40. The normalized spacial score (nSPS) is 15.5. The van der Waals surface area contributed by atoms with Gasteiger partial charge in [0.05, 0.1) is 5.92 Å². The number of anilines is 1. The molecule has 0 radical (unpaired) electrons. The smallest absolute Gasteiger partial charge is 0.309 e. The molecule has 1 amide bonds. The van der Waals surface area contributed by atoms with Crippen LogP contribution in [0.15, 0.2) is 42.5 Å². The Balaban J connectivity index is 1.65. The highest BCUT2D eigenvalue weighted by molar-refractivity contribution is 5.97. The average molecular weight is 283 g/mol. The summed E-state index contributed by atoms with van der Waals surface area (Å²) in [4.78, 5) is 23.6. The molecule has 4 nitrogen and oxygen atoms in total. The van der Waals surface area contributed by atoms with Gasteiger partial charge in [0.2, 0.25) is 0 Å². The number of amides is 1. The van der Waals surface area contributed by atoms with Gasteiger partial charge in [-0.25, -0.2) is 0 Å². The molecular weight excluding hydrogens is 266 g/mol. The zero-order valence-electron chi connectivity index (χ0n) is 11.8. The van der Waals surface area contributed by atoms with Crippen LogP contribution in [-0.4, -0.2) is 18.0 Å². The van der Waals surface area contributed by atoms with Gasteiger partial charge in [0.1, 0.15) is 0 Å². The van der Waals surface area contributed by atoms with Crippen LogP contribution in [0.3, 0.4) is 0 Å². The van der Waals surface area contributed by atoms with E-state index in [1.54, 1.807) is 6.92 Å². The molecule has 0 spiro atoms. The molecule has 1 saturated carbocycles. The predicted molar refractivity (Wildman–Crippen MR) is 80.9 cm³/mol. The van der Waals surface area contributed by atoms with E-state index in [1.165, 1.54) is 0 Å². The fourth-order valence-electron chi connectivity index (χ4n) is 2.15. The number of benzene rings is 2. The van der Waals surface area contributed by atoms with E-state index in [0.29, 0.717) is 5.69 Å². The van der Waals surface area contributed by atoms with E-state index >= 15 is 0 Å². The number of esters is 1. The van der Waals surface area contributed by atoms with Crippen LogP contribution in [0, 0.1) is 5.92 Å². The van der Waals surface area contributed by atoms with Crippen LogP contribution in [0.1, 0.15) is 19.8 Å². The number of carbonyl (C=O) groups excluding carboxylic acids is 2. The van der Waals surface area contributed by atoms with Crippen LogP contribution in [-0.2, 0) is 14.3 Å². The fraction of sp³-hybridized carbons (Fsp3) is 0.294. The summed E-state index contributed by atoms with van der Waals surface area (Å²) in [7, 11) is 0. The molecule has 3 rings (SSSR count). The maximum atomic E-state index is 12.0. The number of rotatable bonds is 4. The molecule has 2 aromatic rings. The van der Waals surface area contributed by atoms with E-state index < -0.39 is 6.10 Å². The van der Waals surface area contributed by atoms with Crippen molar-refractivity contribution in [3.05, 3.63) is 42.5 Å². The first-order chi connectivity index (χ1) is 10.1. The largest absolute Gasteiger partial charge is 0.452 e. The summed E-state index contributed by atoms with van der Waals surface area (Å²) in [5.41, 5.74) is 0.702. The van der Waals surface area contributed by atoms with Gasteiger partial charge >= 0.3 is 5.97 Å². The molecule has 1 aliphatic rings. The van der Waals surface area contributed by atoms with Gasteiger partial charge in [0.15, 0.2) is 6.10 Å². The van der Waals surface area contributed by atoms with Gasteiger partial charge in [-0.1, -0.05) is 30.3 Å². The number of hydrogen-bond donors (Lipinski definition) is 1. The number of ether oxygens (including phenoxy) is 1. The van der Waals surface area contributed by atoms with Crippen molar-refractivity contribution in [3.63, 3.8) is 0 Å². The van der Waals surface area contributed by atoms with E-state index in [9.17, 15) is 9.59 Å². The third-order valence-corrected chi connectivity index (χ3v) is 3.59. The van der Waals surface area contributed by atoms with Crippen LogP contribution in [0.4, 0.5) is 5.69 Å². The lowest BCUT2D eigenvalue weighted by Crippen LogP contribution is -2.30. The second kappa shape index (κ2) is 5.56. The molecule has 2 aromatic carbocycles. The fourth-order valence-corrected chi connectivity index (χ4v) is 2.15. The molecule has 1 atom stereocenters. The molecule has 21 heavy (non-hydrogen) atoms. The van der Waals surface area contributed by atoms with Crippen molar-refractivity contribution >= 4 is 28.3 Å². The van der Waals surface area contributed by atoms with E-state index in [1.807, 2.05) is 42.5 Å². The highest BCUT2D eigenvalue weighted by atomic mass is 16.5. The quantitative estimate of drug-likeness (QED) is 0.877. The van der Waals surface area contributed by atoms with Gasteiger partial charge in [0, 0.05) is 5.69 Å². The number of fused-ring (bicyclic) bond motifs is 1. The molecule has 1 N–H and O–H groups in total. The first-order valence-corrected chi connectivity index (χ1v) is 7.13. The molecule has 0 heterocycles. The first kappa shape index (κ1) is 13.6. The molecule has 0 saturated heterocycles. The second-order valence-corrected chi connectivity index (χ2v) is 5.40. The summed E-state index contributed by atoms with van der Waals surface area (Å²) in [6, 6.07) is 13.6. The molecule has 0 bridgehead atoms. The standard InChI is InChI=1S/C17H17NO3/c1-11(21-17(20)13-6-7-13)16(19)18-15-9-8-12-4-2-3-5-14(12)10-15/h2-5,8-11,13H,6-7H2,1H3,(H,18,19)/t11-/m1/s1. The Kier molecular flexibility index (Phi) is 3.60. The Hall–Kier alpha value is -2.36. The minimum absolute atomic E-state index is 0.000851. The van der Waals surface area contributed by atoms with Crippen molar-refractivity contribution in [1.82, 2.24) is 0 Å². The lowest BCUT2D eigenvalue weighted by Gasteiger charge is -2.13. The summed E-state index contributed by atoms with van der Waals surface area (Å²) in [5.74, 6) is -0.573. The maximum Gasteiger partial charge on any atom is 0.309 e. The van der Waals surface area contributed by atoms with E-state index in [4.69, 9.17) is 4.74 Å². The molecule has 108 valence electrons.